The molecular weight excluding hydrogens is 254 g/mol. The molecule has 0 saturated carbocycles. The van der Waals surface area contributed by atoms with Crippen LogP contribution in [0.1, 0.15) is 24.6 Å². The molecule has 0 aliphatic carbocycles. The lowest BCUT2D eigenvalue weighted by atomic mass is 10.2. The summed E-state index contributed by atoms with van der Waals surface area (Å²) in [5.74, 6) is 0. The fourth-order valence-electron chi connectivity index (χ4n) is 2.10. The fraction of sp³-hybridized carbons (Fsp3) is 0.364. The van der Waals surface area contributed by atoms with Gasteiger partial charge in [-0.05, 0) is 47.4 Å². The van der Waals surface area contributed by atoms with E-state index in [0.717, 1.165) is 22.4 Å². The lowest BCUT2D eigenvalue weighted by Crippen LogP contribution is -2.12. The van der Waals surface area contributed by atoms with E-state index in [1.54, 1.807) is 0 Å². The van der Waals surface area contributed by atoms with E-state index in [-0.39, 0.29) is 0 Å². The van der Waals surface area contributed by atoms with Crippen molar-refractivity contribution in [2.45, 2.75) is 18.9 Å². The number of nitrogens with zero attached hydrogens (tertiary/aromatic N) is 2. The van der Waals surface area contributed by atoms with E-state index in [2.05, 4.69) is 36.8 Å². The third kappa shape index (κ3) is 1.58. The molecule has 0 aromatic carbocycles. The minimum absolute atomic E-state index is 0.441. The van der Waals surface area contributed by atoms with E-state index >= 15 is 0 Å². The predicted octanol–water partition coefficient (Wildman–Crippen LogP) is 2.52. The SMILES string of the molecule is Brc1cccn2cc([C@@H]3CCCN3)nc12. The van der Waals surface area contributed by atoms with Crippen molar-refractivity contribution in [1.82, 2.24) is 14.7 Å². The van der Waals surface area contributed by atoms with Crippen LogP contribution in [0.5, 0.6) is 0 Å². The number of rotatable bonds is 1. The molecule has 0 amide bonds. The van der Waals surface area contributed by atoms with E-state index in [1.165, 1.54) is 12.8 Å². The Kier molecular flexibility index (Phi) is 2.25. The first-order valence-electron chi connectivity index (χ1n) is 5.21. The highest BCUT2D eigenvalue weighted by Crippen LogP contribution is 2.24. The van der Waals surface area contributed by atoms with Gasteiger partial charge < -0.3 is 9.72 Å². The summed E-state index contributed by atoms with van der Waals surface area (Å²) in [4.78, 5) is 4.65. The average molecular weight is 266 g/mol. The van der Waals surface area contributed by atoms with Crippen molar-refractivity contribution in [1.29, 1.82) is 0 Å². The number of nitrogens with one attached hydrogen (secondary N) is 1. The summed E-state index contributed by atoms with van der Waals surface area (Å²) in [5, 5.41) is 3.46. The molecule has 1 N–H and O–H groups in total. The van der Waals surface area contributed by atoms with Crippen LogP contribution < -0.4 is 5.32 Å². The maximum Gasteiger partial charge on any atom is 0.151 e. The molecule has 0 radical (unpaired) electrons. The Labute approximate surface area is 96.6 Å². The standard InChI is InChI=1S/C11H12BrN3/c12-8-3-2-6-15-7-10(14-11(8)15)9-4-1-5-13-9/h2-3,6-7,9,13H,1,4-5H2/t9-/m0/s1. The molecule has 1 atom stereocenters. The molecule has 1 aliphatic rings. The van der Waals surface area contributed by atoms with Gasteiger partial charge in [0.15, 0.2) is 5.65 Å². The number of fused-ring (bicyclic) bond motifs is 1. The van der Waals surface area contributed by atoms with Crippen LogP contribution >= 0.6 is 15.9 Å². The highest BCUT2D eigenvalue weighted by Gasteiger charge is 2.19. The topological polar surface area (TPSA) is 29.3 Å². The summed E-state index contributed by atoms with van der Waals surface area (Å²) in [5.41, 5.74) is 2.15. The van der Waals surface area contributed by atoms with E-state index < -0.39 is 0 Å². The van der Waals surface area contributed by atoms with E-state index in [1.807, 2.05) is 18.3 Å². The van der Waals surface area contributed by atoms with Crippen LogP contribution in [0.25, 0.3) is 5.65 Å². The van der Waals surface area contributed by atoms with Crippen molar-refractivity contribution in [3.63, 3.8) is 0 Å². The van der Waals surface area contributed by atoms with Gasteiger partial charge in [-0.25, -0.2) is 4.98 Å². The third-order valence-electron chi connectivity index (χ3n) is 2.87. The van der Waals surface area contributed by atoms with Gasteiger partial charge >= 0.3 is 0 Å². The zero-order valence-corrected chi connectivity index (χ0v) is 9.87. The number of imidazole rings is 1. The summed E-state index contributed by atoms with van der Waals surface area (Å²) < 4.78 is 3.12. The molecule has 2 aromatic rings. The zero-order chi connectivity index (χ0) is 10.3. The van der Waals surface area contributed by atoms with Crippen LogP contribution in [0.2, 0.25) is 0 Å². The Morgan fingerprint density at radius 1 is 1.53 bits per heavy atom. The van der Waals surface area contributed by atoms with Crippen molar-refractivity contribution in [2.24, 2.45) is 0 Å². The first kappa shape index (κ1) is 9.36. The lowest BCUT2D eigenvalue weighted by Gasteiger charge is -2.04. The Morgan fingerprint density at radius 2 is 2.47 bits per heavy atom. The van der Waals surface area contributed by atoms with E-state index in [0.29, 0.717) is 6.04 Å². The third-order valence-corrected chi connectivity index (χ3v) is 3.49. The second-order valence-corrected chi connectivity index (χ2v) is 4.76. The highest BCUT2D eigenvalue weighted by atomic mass is 79.9. The molecule has 78 valence electrons. The van der Waals surface area contributed by atoms with Gasteiger partial charge in [0.1, 0.15) is 0 Å². The van der Waals surface area contributed by atoms with Crippen LogP contribution in [0.4, 0.5) is 0 Å². The van der Waals surface area contributed by atoms with Crippen molar-refractivity contribution >= 4 is 21.6 Å². The molecule has 1 saturated heterocycles. The number of pyridine rings is 1. The van der Waals surface area contributed by atoms with E-state index in [9.17, 15) is 0 Å². The van der Waals surface area contributed by atoms with Gasteiger partial charge in [-0.15, -0.1) is 0 Å². The average Bonchev–Trinajstić information content (AvgIpc) is 2.86. The predicted molar refractivity (Wildman–Crippen MR) is 62.9 cm³/mol. The molecule has 1 aliphatic heterocycles. The van der Waals surface area contributed by atoms with Crippen LogP contribution in [0.3, 0.4) is 0 Å². The maximum atomic E-state index is 4.65. The van der Waals surface area contributed by atoms with Crippen LogP contribution in [-0.2, 0) is 0 Å². The summed E-state index contributed by atoms with van der Waals surface area (Å²) in [7, 11) is 0. The van der Waals surface area contributed by atoms with Crippen molar-refractivity contribution in [3.05, 3.63) is 34.7 Å². The lowest BCUT2D eigenvalue weighted by molar-refractivity contribution is 0.632. The minimum atomic E-state index is 0.441. The van der Waals surface area contributed by atoms with Gasteiger partial charge in [0.25, 0.3) is 0 Å². The molecule has 3 nitrogen and oxygen atoms in total. The van der Waals surface area contributed by atoms with Crippen LogP contribution in [-0.4, -0.2) is 15.9 Å². The fourth-order valence-corrected chi connectivity index (χ4v) is 2.55. The molecule has 0 spiro atoms. The number of hydrogen-bond acceptors (Lipinski definition) is 2. The number of aromatic nitrogens is 2. The normalized spacial score (nSPS) is 21.3. The molecule has 15 heavy (non-hydrogen) atoms. The van der Waals surface area contributed by atoms with Gasteiger partial charge in [-0.3, -0.25) is 0 Å². The van der Waals surface area contributed by atoms with E-state index in [4.69, 9.17) is 0 Å². The Morgan fingerprint density at radius 3 is 3.20 bits per heavy atom. The van der Waals surface area contributed by atoms with Gasteiger partial charge in [0.05, 0.1) is 16.2 Å². The van der Waals surface area contributed by atoms with Crippen molar-refractivity contribution in [3.8, 4) is 0 Å². The summed E-state index contributed by atoms with van der Waals surface area (Å²) in [6, 6.07) is 4.48. The van der Waals surface area contributed by atoms with Gasteiger partial charge in [-0.2, -0.15) is 0 Å². The smallest absolute Gasteiger partial charge is 0.151 e. The maximum absolute atomic E-state index is 4.65. The second kappa shape index (κ2) is 3.61. The van der Waals surface area contributed by atoms with Gasteiger partial charge in [-0.1, -0.05) is 0 Å². The monoisotopic (exact) mass is 265 g/mol. The van der Waals surface area contributed by atoms with Crippen molar-refractivity contribution in [2.75, 3.05) is 6.54 Å². The second-order valence-electron chi connectivity index (χ2n) is 3.90. The Balaban J connectivity index is 2.09. The summed E-state index contributed by atoms with van der Waals surface area (Å²) >= 11 is 3.52. The minimum Gasteiger partial charge on any atom is -0.309 e. The molecule has 1 fully saturated rings. The van der Waals surface area contributed by atoms with Crippen LogP contribution in [0.15, 0.2) is 29.0 Å². The molecule has 0 unspecified atom stereocenters. The molecule has 4 heteroatoms. The first-order chi connectivity index (χ1) is 7.34. The molecule has 2 aromatic heterocycles. The molecule has 0 bridgehead atoms. The zero-order valence-electron chi connectivity index (χ0n) is 8.28. The quantitative estimate of drug-likeness (QED) is 0.859. The molecule has 3 heterocycles. The Hall–Kier alpha value is -0.870. The summed E-state index contributed by atoms with van der Waals surface area (Å²) in [6.45, 7) is 1.11. The van der Waals surface area contributed by atoms with Gasteiger partial charge in [0.2, 0.25) is 0 Å². The number of hydrogen-bond donors (Lipinski definition) is 1. The largest absolute Gasteiger partial charge is 0.309 e. The number of halogens is 1. The van der Waals surface area contributed by atoms with Crippen molar-refractivity contribution < 1.29 is 0 Å². The Bertz CT molecular complexity index is 486. The van der Waals surface area contributed by atoms with Gasteiger partial charge in [0, 0.05) is 12.4 Å². The summed E-state index contributed by atoms with van der Waals surface area (Å²) in [6.07, 6.45) is 6.59. The first-order valence-corrected chi connectivity index (χ1v) is 6.00. The highest BCUT2D eigenvalue weighted by molar-refractivity contribution is 9.10. The molecule has 3 rings (SSSR count). The molecular formula is C11H12BrN3. The van der Waals surface area contributed by atoms with Crippen LogP contribution in [0, 0.1) is 0 Å².